The number of amides is 2. The zero-order valence-electron chi connectivity index (χ0n) is 28.7. The number of hydrogen-bond donors (Lipinski definition) is 4. The van der Waals surface area contributed by atoms with Crippen LogP contribution in [0.2, 0.25) is 0 Å². The first kappa shape index (κ1) is 36.8. The van der Waals surface area contributed by atoms with Gasteiger partial charge < -0.3 is 30.8 Å². The highest BCUT2D eigenvalue weighted by Crippen LogP contribution is 2.40. The highest BCUT2D eigenvalue weighted by molar-refractivity contribution is 7.92. The molecule has 11 nitrogen and oxygen atoms in total. The van der Waals surface area contributed by atoms with Crippen molar-refractivity contribution < 1.29 is 32.3 Å². The highest BCUT2D eigenvalue weighted by atomic mass is 32.2. The van der Waals surface area contributed by atoms with Crippen molar-refractivity contribution in [3.63, 3.8) is 0 Å². The fraction of sp³-hybridized carbons (Fsp3) is 0.629. The number of aliphatic hydroxyl groups is 1. The van der Waals surface area contributed by atoms with Gasteiger partial charge in [-0.1, -0.05) is 49.6 Å². The second-order valence-corrected chi connectivity index (χ2v) is 17.6. The largest absolute Gasteiger partial charge is 0.461 e. The number of benzene rings is 1. The summed E-state index contributed by atoms with van der Waals surface area (Å²) in [6.07, 6.45) is 7.42. The van der Waals surface area contributed by atoms with Crippen molar-refractivity contribution in [1.82, 2.24) is 15.5 Å². The second kappa shape index (κ2) is 13.8. The molecule has 5 N–H and O–H groups in total. The molecule has 1 saturated carbocycles. The van der Waals surface area contributed by atoms with Crippen molar-refractivity contribution in [3.05, 3.63) is 60.1 Å². The summed E-state index contributed by atoms with van der Waals surface area (Å²) < 4.78 is 29.1. The van der Waals surface area contributed by atoms with E-state index in [-0.39, 0.29) is 11.7 Å². The molecule has 1 aromatic heterocycles. The molecular weight excluding hydrogens is 620 g/mol. The van der Waals surface area contributed by atoms with Crippen LogP contribution in [0.5, 0.6) is 0 Å². The molecule has 2 aromatic rings. The summed E-state index contributed by atoms with van der Waals surface area (Å²) in [6, 6.07) is 8.00. The number of rotatable bonds is 11. The number of fused-ring (bicyclic) bond motifs is 1. The Bertz CT molecular complexity index is 1520. The Morgan fingerprint density at radius 3 is 2.17 bits per heavy atom. The lowest BCUT2D eigenvalue weighted by Crippen LogP contribution is -2.72. The molecule has 1 aliphatic heterocycles. The molecular formula is C35H52N4O7S. The van der Waals surface area contributed by atoms with Gasteiger partial charge in [0, 0.05) is 11.8 Å². The van der Waals surface area contributed by atoms with Gasteiger partial charge in [-0.3, -0.25) is 14.4 Å². The van der Waals surface area contributed by atoms with Crippen molar-refractivity contribution in [2.24, 2.45) is 17.6 Å². The monoisotopic (exact) mass is 672 g/mol. The summed E-state index contributed by atoms with van der Waals surface area (Å²) in [5.41, 5.74) is 3.57. The summed E-state index contributed by atoms with van der Waals surface area (Å²) in [7, 11) is -3.82. The Balaban J connectivity index is 1.85. The molecule has 4 unspecified atom stereocenters. The predicted molar refractivity (Wildman–Crippen MR) is 180 cm³/mol. The smallest absolute Gasteiger partial charge is 0.242 e. The van der Waals surface area contributed by atoms with E-state index < -0.39 is 61.6 Å². The molecule has 12 heteroatoms. The van der Waals surface area contributed by atoms with E-state index in [4.69, 9.17) is 10.2 Å². The van der Waals surface area contributed by atoms with E-state index in [9.17, 15) is 27.9 Å². The first-order chi connectivity index (χ1) is 21.8. The lowest BCUT2D eigenvalue weighted by atomic mass is 9.73. The van der Waals surface area contributed by atoms with Gasteiger partial charge in [-0.2, -0.15) is 0 Å². The van der Waals surface area contributed by atoms with E-state index in [1.165, 1.54) is 44.4 Å². The molecule has 0 radical (unpaired) electrons. The summed E-state index contributed by atoms with van der Waals surface area (Å²) >= 11 is 0. The molecule has 1 saturated heterocycles. The average molecular weight is 673 g/mol. The van der Waals surface area contributed by atoms with Crippen molar-refractivity contribution in [2.75, 3.05) is 12.8 Å². The Hall–Kier alpha value is -3.06. The van der Waals surface area contributed by atoms with E-state index in [1.54, 1.807) is 57.2 Å². The van der Waals surface area contributed by atoms with Gasteiger partial charge in [0.25, 0.3) is 0 Å². The summed E-state index contributed by atoms with van der Waals surface area (Å²) in [4.78, 5) is 44.3. The van der Waals surface area contributed by atoms with Gasteiger partial charge in [0.05, 0.1) is 29.0 Å². The first-order valence-corrected chi connectivity index (χ1v) is 18.4. The molecule has 2 aliphatic rings. The number of nitrogens with zero attached hydrogens (tertiary/aromatic N) is 1. The molecule has 4 rings (SSSR count). The maximum absolute atomic E-state index is 14.6. The van der Waals surface area contributed by atoms with Crippen LogP contribution >= 0.6 is 0 Å². The van der Waals surface area contributed by atoms with Crippen molar-refractivity contribution in [2.45, 2.75) is 114 Å². The molecule has 2 amide bonds. The van der Waals surface area contributed by atoms with Crippen LogP contribution < -0.4 is 16.4 Å². The molecule has 2 fully saturated rings. The minimum absolute atomic E-state index is 0.0133. The zero-order valence-corrected chi connectivity index (χ0v) is 29.5. The average Bonchev–Trinajstić information content (AvgIpc) is 3.54. The van der Waals surface area contributed by atoms with Gasteiger partial charge in [0.15, 0.2) is 21.3 Å². The van der Waals surface area contributed by atoms with Crippen LogP contribution in [0.1, 0.15) is 95.7 Å². The second-order valence-electron chi connectivity index (χ2n) is 15.0. The quantitative estimate of drug-likeness (QED) is 0.206. The third-order valence-corrected chi connectivity index (χ3v) is 12.5. The van der Waals surface area contributed by atoms with Crippen LogP contribution in [0.3, 0.4) is 0 Å². The molecule has 1 aliphatic carbocycles. The molecule has 7 atom stereocenters. The number of piperidine rings is 1. The number of ketones is 1. The summed E-state index contributed by atoms with van der Waals surface area (Å²) in [5, 5.41) is 19.0. The third-order valence-electron chi connectivity index (χ3n) is 10.3. The number of sulfone groups is 1. The number of Topliss-reactive ketones (excluding diaryl/α,β-unsaturated/α-hetero) is 1. The lowest BCUT2D eigenvalue weighted by molar-refractivity contribution is -0.186. The van der Waals surface area contributed by atoms with Crippen LogP contribution in [-0.2, 0) is 19.4 Å². The minimum Gasteiger partial charge on any atom is -0.461 e. The number of carbonyl (C=O) groups excluding carboxylic acids is 3. The minimum atomic E-state index is -3.82. The van der Waals surface area contributed by atoms with Crippen molar-refractivity contribution in [3.8, 4) is 0 Å². The fourth-order valence-electron chi connectivity index (χ4n) is 7.31. The predicted octanol–water partition coefficient (Wildman–Crippen LogP) is 3.39. The number of nitrogens with two attached hydrogens (primary N) is 1. The van der Waals surface area contributed by atoms with Crippen LogP contribution in [0.4, 0.5) is 0 Å². The Morgan fingerprint density at radius 1 is 1.00 bits per heavy atom. The van der Waals surface area contributed by atoms with Crippen LogP contribution in [0, 0.1) is 11.8 Å². The number of nitrogens with one attached hydrogen (secondary N) is 2. The van der Waals surface area contributed by atoms with E-state index in [1.807, 2.05) is 0 Å². The standard InChI is InChI=1S/C35H52N4O7S/c1-33(2,3)39(32(42)25-20-23-16-11-12-17-24(23)21-37-25)35(6,43)30(38-31(41)29(36)34(4,5)47(7,44)45)27(22-14-9-8-10-15-22)28(40)26-18-13-19-46-26/h8-10,13-15,18-19,23-25,27,29-30,37,43H,11-12,16-17,20-21,36H2,1-7H3,(H,38,41)/t23-,24+,25?,27?,29+,30?,35?/m0/s1. The van der Waals surface area contributed by atoms with Gasteiger partial charge in [-0.05, 0) is 90.5 Å². The van der Waals surface area contributed by atoms with Crippen molar-refractivity contribution >= 4 is 27.4 Å². The van der Waals surface area contributed by atoms with E-state index in [0.29, 0.717) is 30.4 Å². The van der Waals surface area contributed by atoms with E-state index in [0.717, 1.165) is 25.5 Å². The molecule has 0 spiro atoms. The molecule has 2 heterocycles. The normalized spacial score (nSPS) is 23.8. The van der Waals surface area contributed by atoms with Gasteiger partial charge in [-0.25, -0.2) is 8.42 Å². The van der Waals surface area contributed by atoms with Gasteiger partial charge in [0.2, 0.25) is 17.6 Å². The highest BCUT2D eigenvalue weighted by Gasteiger charge is 2.54. The van der Waals surface area contributed by atoms with E-state index >= 15 is 0 Å². The van der Waals surface area contributed by atoms with Crippen LogP contribution in [0.15, 0.2) is 53.1 Å². The maximum Gasteiger partial charge on any atom is 0.242 e. The third kappa shape index (κ3) is 7.66. The first-order valence-electron chi connectivity index (χ1n) is 16.5. The Kier molecular flexibility index (Phi) is 10.8. The number of carbonyl (C=O) groups is 3. The lowest BCUT2D eigenvalue weighted by Gasteiger charge is -2.52. The number of furan rings is 1. The zero-order chi connectivity index (χ0) is 34.9. The Morgan fingerprint density at radius 2 is 1.62 bits per heavy atom. The van der Waals surface area contributed by atoms with Crippen LogP contribution in [-0.4, -0.2) is 83.0 Å². The summed E-state index contributed by atoms with van der Waals surface area (Å²) in [6.45, 7) is 10.2. The SMILES string of the molecule is CC(C)(C)N(C(=O)C1C[C@@H]2CCCC[C@@H]2CN1)C(C)(O)C(NC(=O)[C@@H](N)C(C)(C)S(C)(=O)=O)C(C(=O)c1ccco1)c1ccccc1. The van der Waals surface area contributed by atoms with E-state index in [2.05, 4.69) is 10.6 Å². The van der Waals surface area contributed by atoms with Crippen LogP contribution in [0.25, 0.3) is 0 Å². The maximum atomic E-state index is 14.6. The molecule has 47 heavy (non-hydrogen) atoms. The van der Waals surface area contributed by atoms with Gasteiger partial charge in [-0.15, -0.1) is 0 Å². The molecule has 1 aromatic carbocycles. The number of hydrogen-bond acceptors (Lipinski definition) is 9. The molecule has 0 bridgehead atoms. The topological polar surface area (TPSA) is 172 Å². The summed E-state index contributed by atoms with van der Waals surface area (Å²) in [5.74, 6) is -2.21. The Labute approximate surface area is 278 Å². The van der Waals surface area contributed by atoms with Crippen molar-refractivity contribution in [1.29, 1.82) is 0 Å². The van der Waals surface area contributed by atoms with Gasteiger partial charge >= 0.3 is 0 Å². The fourth-order valence-corrected chi connectivity index (χ4v) is 7.88. The molecule has 260 valence electrons. The van der Waals surface area contributed by atoms with Gasteiger partial charge in [0.1, 0.15) is 6.04 Å².